The number of hydrogen-bond donors (Lipinski definition) is 1. The van der Waals surface area contributed by atoms with Crippen LogP contribution in [0.4, 0.5) is 11.5 Å². The van der Waals surface area contributed by atoms with Gasteiger partial charge in [0.25, 0.3) is 5.91 Å². The van der Waals surface area contributed by atoms with Gasteiger partial charge in [0, 0.05) is 43.1 Å². The topological polar surface area (TPSA) is 116 Å². The predicted molar refractivity (Wildman–Crippen MR) is 114 cm³/mol. The molecule has 0 fully saturated rings. The van der Waals surface area contributed by atoms with Crippen molar-refractivity contribution in [2.45, 2.75) is 6.92 Å². The fourth-order valence-corrected chi connectivity index (χ4v) is 3.11. The van der Waals surface area contributed by atoms with Crippen molar-refractivity contribution in [2.24, 2.45) is 0 Å². The molecule has 152 valence electrons. The Morgan fingerprint density at radius 2 is 1.94 bits per heavy atom. The lowest BCUT2D eigenvalue weighted by Crippen LogP contribution is -2.26. The molecule has 31 heavy (non-hydrogen) atoms. The molecule has 0 spiro atoms. The molecular formula is C22H17N7O2. The zero-order valence-electron chi connectivity index (χ0n) is 16.8. The van der Waals surface area contributed by atoms with Gasteiger partial charge in [0.1, 0.15) is 17.6 Å². The molecule has 1 N–H and O–H groups in total. The third-order valence-corrected chi connectivity index (χ3v) is 4.70. The number of anilines is 2. The van der Waals surface area contributed by atoms with Crippen LogP contribution < -0.4 is 10.2 Å². The van der Waals surface area contributed by atoms with E-state index in [1.165, 1.54) is 18.0 Å². The predicted octanol–water partition coefficient (Wildman–Crippen LogP) is 2.90. The molecule has 4 aromatic rings. The minimum atomic E-state index is -0.222. The zero-order valence-corrected chi connectivity index (χ0v) is 16.8. The summed E-state index contributed by atoms with van der Waals surface area (Å²) in [5.41, 5.74) is 3.69. The van der Waals surface area contributed by atoms with E-state index < -0.39 is 0 Å². The summed E-state index contributed by atoms with van der Waals surface area (Å²) in [6, 6.07) is 12.2. The highest BCUT2D eigenvalue weighted by atomic mass is 16.2. The summed E-state index contributed by atoms with van der Waals surface area (Å²) in [6.45, 7) is 1.42. The van der Waals surface area contributed by atoms with E-state index >= 15 is 0 Å². The van der Waals surface area contributed by atoms with E-state index in [0.29, 0.717) is 17.1 Å². The molecule has 4 heterocycles. The Kier molecular flexibility index (Phi) is 5.12. The van der Waals surface area contributed by atoms with Crippen LogP contribution in [0.15, 0.2) is 61.2 Å². The summed E-state index contributed by atoms with van der Waals surface area (Å²) in [5.74, 6) is 0.0440. The lowest BCUT2D eigenvalue weighted by molar-refractivity contribution is -0.114. The Hall–Kier alpha value is -4.58. The number of nitrogens with zero attached hydrogens (tertiary/aromatic N) is 6. The third-order valence-electron chi connectivity index (χ3n) is 4.70. The molecule has 0 atom stereocenters. The summed E-state index contributed by atoms with van der Waals surface area (Å²) in [6.07, 6.45) is 6.55. The SMILES string of the molecule is CC(=O)Nc1ccc(-c2cnn3ccc(C(=O)N(C)c4ccc(C#N)nc4)cc23)cn1. The molecule has 9 heteroatoms. The minimum Gasteiger partial charge on any atom is -0.311 e. The van der Waals surface area contributed by atoms with Gasteiger partial charge in [-0.15, -0.1) is 0 Å². The number of hydrogen-bond acceptors (Lipinski definition) is 6. The van der Waals surface area contributed by atoms with Crippen molar-refractivity contribution >= 4 is 28.8 Å². The molecule has 2 amide bonds. The van der Waals surface area contributed by atoms with Crippen molar-refractivity contribution in [3.63, 3.8) is 0 Å². The van der Waals surface area contributed by atoms with Crippen molar-refractivity contribution in [1.82, 2.24) is 19.6 Å². The van der Waals surface area contributed by atoms with Gasteiger partial charge >= 0.3 is 0 Å². The van der Waals surface area contributed by atoms with Crippen LogP contribution in [0.2, 0.25) is 0 Å². The molecule has 0 aliphatic heterocycles. The van der Waals surface area contributed by atoms with Crippen molar-refractivity contribution in [1.29, 1.82) is 5.26 Å². The van der Waals surface area contributed by atoms with Gasteiger partial charge in [-0.3, -0.25) is 9.59 Å². The minimum absolute atomic E-state index is 0.194. The molecule has 0 aliphatic rings. The normalized spacial score (nSPS) is 10.5. The maximum atomic E-state index is 13.0. The fraction of sp³-hybridized carbons (Fsp3) is 0.0909. The number of pyridine rings is 3. The second kappa shape index (κ2) is 8.04. The summed E-state index contributed by atoms with van der Waals surface area (Å²) < 4.78 is 1.68. The van der Waals surface area contributed by atoms with Crippen molar-refractivity contribution in [3.8, 4) is 17.2 Å². The van der Waals surface area contributed by atoms with Gasteiger partial charge in [0.2, 0.25) is 5.91 Å². The Morgan fingerprint density at radius 3 is 2.58 bits per heavy atom. The highest BCUT2D eigenvalue weighted by Gasteiger charge is 2.16. The first kappa shape index (κ1) is 19.7. The molecule has 0 aliphatic carbocycles. The third kappa shape index (κ3) is 3.95. The Balaban J connectivity index is 1.65. The lowest BCUT2D eigenvalue weighted by atomic mass is 10.1. The molecule has 0 aromatic carbocycles. The Morgan fingerprint density at radius 1 is 1.10 bits per heavy atom. The highest BCUT2D eigenvalue weighted by Crippen LogP contribution is 2.26. The largest absolute Gasteiger partial charge is 0.311 e. The van der Waals surface area contributed by atoms with Crippen LogP contribution >= 0.6 is 0 Å². The molecule has 0 saturated heterocycles. The van der Waals surface area contributed by atoms with Gasteiger partial charge in [0.05, 0.1) is 23.6 Å². The molecule has 9 nitrogen and oxygen atoms in total. The molecule has 0 radical (unpaired) electrons. The summed E-state index contributed by atoms with van der Waals surface area (Å²) in [7, 11) is 1.65. The van der Waals surface area contributed by atoms with E-state index in [0.717, 1.165) is 16.6 Å². The molecule has 0 saturated carbocycles. The second-order valence-electron chi connectivity index (χ2n) is 6.79. The van der Waals surface area contributed by atoms with Crippen molar-refractivity contribution in [3.05, 3.63) is 72.4 Å². The quantitative estimate of drug-likeness (QED) is 0.552. The maximum absolute atomic E-state index is 13.0. The van der Waals surface area contributed by atoms with E-state index in [2.05, 4.69) is 20.4 Å². The van der Waals surface area contributed by atoms with E-state index in [1.807, 2.05) is 12.1 Å². The second-order valence-corrected chi connectivity index (χ2v) is 6.79. The van der Waals surface area contributed by atoms with Gasteiger partial charge in [0.15, 0.2) is 0 Å². The van der Waals surface area contributed by atoms with Crippen LogP contribution in [0.1, 0.15) is 23.0 Å². The van der Waals surface area contributed by atoms with Crippen LogP contribution in [0.5, 0.6) is 0 Å². The van der Waals surface area contributed by atoms with Gasteiger partial charge in [-0.2, -0.15) is 10.4 Å². The number of amides is 2. The van der Waals surface area contributed by atoms with Crippen LogP contribution in [0.3, 0.4) is 0 Å². The van der Waals surface area contributed by atoms with Crippen LogP contribution in [0, 0.1) is 11.3 Å². The Labute approximate surface area is 177 Å². The highest BCUT2D eigenvalue weighted by molar-refractivity contribution is 6.06. The van der Waals surface area contributed by atoms with Crippen LogP contribution in [-0.4, -0.2) is 38.4 Å². The van der Waals surface area contributed by atoms with E-state index in [9.17, 15) is 9.59 Å². The first-order valence-electron chi connectivity index (χ1n) is 9.32. The monoisotopic (exact) mass is 411 g/mol. The average molecular weight is 411 g/mol. The van der Waals surface area contributed by atoms with Crippen molar-refractivity contribution in [2.75, 3.05) is 17.3 Å². The first-order chi connectivity index (χ1) is 15.0. The first-order valence-corrected chi connectivity index (χ1v) is 9.32. The van der Waals surface area contributed by atoms with E-state index in [1.54, 1.807) is 60.5 Å². The number of rotatable bonds is 4. The summed E-state index contributed by atoms with van der Waals surface area (Å²) in [4.78, 5) is 33.9. The summed E-state index contributed by atoms with van der Waals surface area (Å²) in [5, 5.41) is 15.9. The fourth-order valence-electron chi connectivity index (χ4n) is 3.11. The molecule has 4 aromatic heterocycles. The van der Waals surface area contributed by atoms with Gasteiger partial charge < -0.3 is 10.2 Å². The number of aromatic nitrogens is 4. The van der Waals surface area contributed by atoms with Crippen LogP contribution in [-0.2, 0) is 4.79 Å². The maximum Gasteiger partial charge on any atom is 0.258 e. The standard InChI is InChI=1S/C22H17N7O2/c1-14(30)27-21-6-3-16(11-25-21)19-13-26-29-8-7-15(9-20(19)29)22(31)28(2)18-5-4-17(10-23)24-12-18/h3-9,11-13H,1-2H3,(H,25,27,30). The van der Waals surface area contributed by atoms with Gasteiger partial charge in [-0.25, -0.2) is 14.5 Å². The van der Waals surface area contributed by atoms with Gasteiger partial charge in [-0.05, 0) is 36.4 Å². The number of fused-ring (bicyclic) bond motifs is 1. The van der Waals surface area contributed by atoms with Gasteiger partial charge in [-0.1, -0.05) is 0 Å². The van der Waals surface area contributed by atoms with Crippen LogP contribution in [0.25, 0.3) is 16.6 Å². The zero-order chi connectivity index (χ0) is 22.0. The van der Waals surface area contributed by atoms with E-state index in [4.69, 9.17) is 5.26 Å². The Bertz CT molecular complexity index is 1320. The number of carbonyl (C=O) groups is 2. The molecular weight excluding hydrogens is 394 g/mol. The lowest BCUT2D eigenvalue weighted by Gasteiger charge is -2.17. The smallest absolute Gasteiger partial charge is 0.258 e. The van der Waals surface area contributed by atoms with Crippen molar-refractivity contribution < 1.29 is 9.59 Å². The average Bonchev–Trinajstić information content (AvgIpc) is 3.21. The van der Waals surface area contributed by atoms with E-state index in [-0.39, 0.29) is 17.5 Å². The molecule has 0 bridgehead atoms. The molecule has 0 unspecified atom stereocenters. The number of nitriles is 1. The number of nitrogens with one attached hydrogen (secondary N) is 1. The summed E-state index contributed by atoms with van der Waals surface area (Å²) >= 11 is 0. The molecule has 4 rings (SSSR count). The number of carbonyl (C=O) groups excluding carboxylic acids is 2.